The second kappa shape index (κ2) is 5.60. The molecule has 4 nitrogen and oxygen atoms in total. The molecule has 0 aromatic carbocycles. The molecule has 4 heteroatoms. The second-order valence-electron chi connectivity index (χ2n) is 6.33. The zero-order valence-electron chi connectivity index (χ0n) is 12.6. The summed E-state index contributed by atoms with van der Waals surface area (Å²) in [4.78, 5) is 17.3. The van der Waals surface area contributed by atoms with E-state index in [-0.39, 0.29) is 5.91 Å². The normalized spacial score (nSPS) is 23.9. The van der Waals surface area contributed by atoms with Crippen LogP contribution in [0.3, 0.4) is 0 Å². The van der Waals surface area contributed by atoms with Gasteiger partial charge in [-0.15, -0.1) is 0 Å². The summed E-state index contributed by atoms with van der Waals surface area (Å²) in [6, 6.07) is 4.84. The van der Waals surface area contributed by atoms with Crippen LogP contribution >= 0.6 is 0 Å². The van der Waals surface area contributed by atoms with Crippen LogP contribution < -0.4 is 0 Å². The highest BCUT2D eigenvalue weighted by Gasteiger charge is 2.32. The quantitative estimate of drug-likeness (QED) is 0.847. The molecule has 1 atom stereocenters. The van der Waals surface area contributed by atoms with Crippen molar-refractivity contribution in [3.05, 3.63) is 24.0 Å². The molecular formula is C16H25N3O. The van der Waals surface area contributed by atoms with Crippen molar-refractivity contribution in [2.45, 2.75) is 45.2 Å². The lowest BCUT2D eigenvalue weighted by Crippen LogP contribution is -2.37. The number of nitrogens with zero attached hydrogens (tertiary/aromatic N) is 3. The van der Waals surface area contributed by atoms with Crippen molar-refractivity contribution in [2.75, 3.05) is 26.2 Å². The average molecular weight is 275 g/mol. The zero-order valence-corrected chi connectivity index (χ0v) is 12.6. The molecule has 2 saturated heterocycles. The fraction of sp³-hybridized carbons (Fsp3) is 0.688. The molecular weight excluding hydrogens is 250 g/mol. The lowest BCUT2D eigenvalue weighted by molar-refractivity contribution is 0.0768. The predicted octanol–water partition coefficient (Wildman–Crippen LogP) is 2.38. The molecule has 3 heterocycles. The van der Waals surface area contributed by atoms with E-state index in [2.05, 4.69) is 23.3 Å². The molecule has 2 aliphatic rings. The third-order valence-electron chi connectivity index (χ3n) is 4.66. The number of carbonyl (C=O) groups excluding carboxylic acids is 1. The third-order valence-corrected chi connectivity index (χ3v) is 4.66. The number of hydrogen-bond donors (Lipinski definition) is 0. The van der Waals surface area contributed by atoms with Gasteiger partial charge in [-0.3, -0.25) is 9.69 Å². The highest BCUT2D eigenvalue weighted by atomic mass is 16.2. The molecule has 2 aliphatic heterocycles. The molecule has 0 saturated carbocycles. The summed E-state index contributed by atoms with van der Waals surface area (Å²) in [5, 5.41) is 0. The lowest BCUT2D eigenvalue weighted by Gasteiger charge is -2.24. The summed E-state index contributed by atoms with van der Waals surface area (Å²) in [6.45, 7) is 8.48. The van der Waals surface area contributed by atoms with Crippen LogP contribution in [0, 0.1) is 0 Å². The molecule has 0 radical (unpaired) electrons. The molecule has 1 unspecified atom stereocenters. The Bertz CT molecular complexity index is 474. The van der Waals surface area contributed by atoms with Crippen LogP contribution in [0.15, 0.2) is 18.3 Å². The summed E-state index contributed by atoms with van der Waals surface area (Å²) < 4.78 is 2.07. The number of amides is 1. The Morgan fingerprint density at radius 3 is 2.70 bits per heavy atom. The van der Waals surface area contributed by atoms with Gasteiger partial charge in [-0.2, -0.15) is 0 Å². The summed E-state index contributed by atoms with van der Waals surface area (Å²) in [5.74, 6) is 0.199. The molecule has 2 fully saturated rings. The predicted molar refractivity (Wildman–Crippen MR) is 79.9 cm³/mol. The topological polar surface area (TPSA) is 28.5 Å². The van der Waals surface area contributed by atoms with Crippen molar-refractivity contribution in [2.24, 2.45) is 0 Å². The first-order valence-corrected chi connectivity index (χ1v) is 7.87. The van der Waals surface area contributed by atoms with Gasteiger partial charge in [0.05, 0.1) is 0 Å². The van der Waals surface area contributed by atoms with Crippen molar-refractivity contribution in [1.82, 2.24) is 14.4 Å². The smallest absolute Gasteiger partial charge is 0.270 e. The minimum absolute atomic E-state index is 0.199. The van der Waals surface area contributed by atoms with E-state index < -0.39 is 0 Å². The minimum Gasteiger partial charge on any atom is -0.341 e. The Labute approximate surface area is 121 Å². The van der Waals surface area contributed by atoms with Gasteiger partial charge >= 0.3 is 0 Å². The summed E-state index contributed by atoms with van der Waals surface area (Å²) in [7, 11) is 0. The van der Waals surface area contributed by atoms with E-state index in [4.69, 9.17) is 0 Å². The third kappa shape index (κ3) is 2.49. The Kier molecular flexibility index (Phi) is 3.83. The van der Waals surface area contributed by atoms with Crippen LogP contribution in [-0.2, 0) is 0 Å². The van der Waals surface area contributed by atoms with Crippen molar-refractivity contribution in [3.8, 4) is 0 Å². The Morgan fingerprint density at radius 1 is 1.25 bits per heavy atom. The summed E-state index contributed by atoms with van der Waals surface area (Å²) in [6.07, 6.45) is 5.78. The standard InChI is InChI=1S/C16H25N3O/c1-13(2)19-10-5-6-15(19)16(20)18-11-7-14(12-18)17-8-3-4-9-17/h5-6,10,13-14H,3-4,7-9,11-12H2,1-2H3. The number of likely N-dealkylation sites (tertiary alicyclic amines) is 2. The number of aromatic nitrogens is 1. The van der Waals surface area contributed by atoms with Crippen LogP contribution in [0.4, 0.5) is 0 Å². The lowest BCUT2D eigenvalue weighted by atomic mass is 10.2. The van der Waals surface area contributed by atoms with E-state index in [9.17, 15) is 4.79 Å². The van der Waals surface area contributed by atoms with Crippen LogP contribution in [-0.4, -0.2) is 52.5 Å². The maximum atomic E-state index is 12.7. The van der Waals surface area contributed by atoms with Gasteiger partial charge in [-0.05, 0) is 58.3 Å². The van der Waals surface area contributed by atoms with Crippen molar-refractivity contribution >= 4 is 5.91 Å². The Balaban J connectivity index is 1.67. The highest BCUT2D eigenvalue weighted by molar-refractivity contribution is 5.93. The highest BCUT2D eigenvalue weighted by Crippen LogP contribution is 2.22. The van der Waals surface area contributed by atoms with E-state index in [0.717, 1.165) is 25.2 Å². The van der Waals surface area contributed by atoms with Gasteiger partial charge in [0, 0.05) is 31.4 Å². The van der Waals surface area contributed by atoms with E-state index in [1.165, 1.54) is 25.9 Å². The van der Waals surface area contributed by atoms with Crippen molar-refractivity contribution in [3.63, 3.8) is 0 Å². The summed E-state index contributed by atoms with van der Waals surface area (Å²) >= 11 is 0. The average Bonchev–Trinajstić information content (AvgIpc) is 3.17. The molecule has 1 aromatic rings. The molecule has 0 spiro atoms. The maximum absolute atomic E-state index is 12.7. The molecule has 20 heavy (non-hydrogen) atoms. The van der Waals surface area contributed by atoms with Crippen molar-refractivity contribution < 1.29 is 4.79 Å². The molecule has 1 amide bonds. The monoisotopic (exact) mass is 275 g/mol. The van der Waals surface area contributed by atoms with Gasteiger partial charge in [-0.1, -0.05) is 0 Å². The first kappa shape index (κ1) is 13.7. The van der Waals surface area contributed by atoms with Gasteiger partial charge in [-0.25, -0.2) is 0 Å². The number of carbonyl (C=O) groups is 1. The molecule has 3 rings (SSSR count). The molecule has 110 valence electrons. The zero-order chi connectivity index (χ0) is 14.1. The Morgan fingerprint density at radius 2 is 2.00 bits per heavy atom. The van der Waals surface area contributed by atoms with E-state index in [1.54, 1.807) is 0 Å². The van der Waals surface area contributed by atoms with Gasteiger partial charge in [0.15, 0.2) is 0 Å². The van der Waals surface area contributed by atoms with Gasteiger partial charge in [0.1, 0.15) is 5.69 Å². The minimum atomic E-state index is 0.199. The van der Waals surface area contributed by atoms with Gasteiger partial charge in [0.2, 0.25) is 0 Å². The fourth-order valence-corrected chi connectivity index (χ4v) is 3.52. The van der Waals surface area contributed by atoms with Crippen LogP contribution in [0.1, 0.15) is 49.6 Å². The van der Waals surface area contributed by atoms with E-state index >= 15 is 0 Å². The molecule has 0 aliphatic carbocycles. The molecule has 1 aromatic heterocycles. The SMILES string of the molecule is CC(C)n1cccc1C(=O)N1CCC(N2CCCC2)C1. The van der Waals surface area contributed by atoms with Gasteiger partial charge in [0.25, 0.3) is 5.91 Å². The van der Waals surface area contributed by atoms with Crippen LogP contribution in [0.25, 0.3) is 0 Å². The largest absolute Gasteiger partial charge is 0.341 e. The van der Waals surface area contributed by atoms with Crippen LogP contribution in [0.2, 0.25) is 0 Å². The van der Waals surface area contributed by atoms with Gasteiger partial charge < -0.3 is 9.47 Å². The second-order valence-corrected chi connectivity index (χ2v) is 6.33. The van der Waals surface area contributed by atoms with Crippen LogP contribution in [0.5, 0.6) is 0 Å². The first-order chi connectivity index (χ1) is 9.66. The molecule has 0 bridgehead atoms. The summed E-state index contributed by atoms with van der Waals surface area (Å²) in [5.41, 5.74) is 0.835. The van der Waals surface area contributed by atoms with E-state index in [1.807, 2.05) is 23.2 Å². The van der Waals surface area contributed by atoms with Crippen molar-refractivity contribution in [1.29, 1.82) is 0 Å². The number of hydrogen-bond acceptors (Lipinski definition) is 2. The first-order valence-electron chi connectivity index (χ1n) is 7.87. The number of rotatable bonds is 3. The Hall–Kier alpha value is -1.29. The fourth-order valence-electron chi connectivity index (χ4n) is 3.52. The maximum Gasteiger partial charge on any atom is 0.270 e. The molecule has 0 N–H and O–H groups in total. The van der Waals surface area contributed by atoms with E-state index in [0.29, 0.717) is 12.1 Å².